The van der Waals surface area contributed by atoms with E-state index in [2.05, 4.69) is 24.4 Å². The zero-order chi connectivity index (χ0) is 13.7. The van der Waals surface area contributed by atoms with Gasteiger partial charge in [0.2, 0.25) is 0 Å². The number of hydrogen-bond acceptors (Lipinski definition) is 3. The van der Waals surface area contributed by atoms with Crippen LogP contribution < -0.4 is 14.8 Å². The molecule has 0 spiro atoms. The van der Waals surface area contributed by atoms with Crippen LogP contribution in [0.15, 0.2) is 48.5 Å². The second-order valence-corrected chi connectivity index (χ2v) is 4.34. The first-order valence-corrected chi connectivity index (χ1v) is 6.28. The summed E-state index contributed by atoms with van der Waals surface area (Å²) >= 11 is 0. The third-order valence-corrected chi connectivity index (χ3v) is 3.09. The maximum absolute atomic E-state index is 5.34. The van der Waals surface area contributed by atoms with Gasteiger partial charge in [0.15, 0.2) is 0 Å². The first kappa shape index (κ1) is 13.3. The number of ether oxygens (including phenoxy) is 2. The van der Waals surface area contributed by atoms with Crippen LogP contribution in [0.3, 0.4) is 0 Å². The largest absolute Gasteiger partial charge is 0.497 e. The molecule has 0 unspecified atom stereocenters. The lowest BCUT2D eigenvalue weighted by molar-refractivity contribution is 0.414. The highest BCUT2D eigenvalue weighted by molar-refractivity contribution is 5.57. The molecule has 100 valence electrons. The molecule has 2 aromatic carbocycles. The number of para-hydroxylation sites is 2. The van der Waals surface area contributed by atoms with Gasteiger partial charge >= 0.3 is 0 Å². The van der Waals surface area contributed by atoms with Crippen LogP contribution in [0, 0.1) is 0 Å². The predicted molar refractivity (Wildman–Crippen MR) is 78.0 cm³/mol. The lowest BCUT2D eigenvalue weighted by atomic mass is 10.1. The fraction of sp³-hybridized carbons (Fsp3) is 0.250. The van der Waals surface area contributed by atoms with Crippen LogP contribution in [-0.2, 0) is 0 Å². The summed E-state index contributed by atoms with van der Waals surface area (Å²) in [5.74, 6) is 1.72. The van der Waals surface area contributed by atoms with Crippen molar-refractivity contribution in [2.45, 2.75) is 13.0 Å². The van der Waals surface area contributed by atoms with Crippen molar-refractivity contribution in [3.8, 4) is 11.5 Å². The summed E-state index contributed by atoms with van der Waals surface area (Å²) in [6, 6.07) is 16.2. The van der Waals surface area contributed by atoms with Gasteiger partial charge in [-0.2, -0.15) is 0 Å². The van der Waals surface area contributed by atoms with Crippen molar-refractivity contribution < 1.29 is 9.47 Å². The van der Waals surface area contributed by atoms with E-state index in [1.54, 1.807) is 14.2 Å². The highest BCUT2D eigenvalue weighted by atomic mass is 16.5. The van der Waals surface area contributed by atoms with Crippen LogP contribution >= 0.6 is 0 Å². The number of nitrogens with one attached hydrogen (secondary N) is 1. The van der Waals surface area contributed by atoms with Crippen LogP contribution in [0.4, 0.5) is 5.69 Å². The number of rotatable bonds is 5. The molecule has 1 N–H and O–H groups in total. The second-order valence-electron chi connectivity index (χ2n) is 4.34. The van der Waals surface area contributed by atoms with E-state index in [1.165, 1.54) is 5.56 Å². The van der Waals surface area contributed by atoms with Gasteiger partial charge in [0.25, 0.3) is 0 Å². The summed E-state index contributed by atoms with van der Waals surface area (Å²) < 4.78 is 10.5. The first-order chi connectivity index (χ1) is 9.24. The van der Waals surface area contributed by atoms with E-state index in [1.807, 2.05) is 36.4 Å². The van der Waals surface area contributed by atoms with Gasteiger partial charge in [-0.05, 0) is 36.8 Å². The second kappa shape index (κ2) is 6.14. The molecule has 0 aromatic heterocycles. The molecule has 0 heterocycles. The minimum atomic E-state index is 0.196. The van der Waals surface area contributed by atoms with E-state index in [-0.39, 0.29) is 6.04 Å². The molecule has 3 nitrogen and oxygen atoms in total. The zero-order valence-electron chi connectivity index (χ0n) is 11.5. The summed E-state index contributed by atoms with van der Waals surface area (Å²) in [6.45, 7) is 2.12. The Kier molecular flexibility index (Phi) is 4.29. The molecule has 0 saturated carbocycles. The van der Waals surface area contributed by atoms with Gasteiger partial charge in [-0.15, -0.1) is 0 Å². The molecule has 2 rings (SSSR count). The van der Waals surface area contributed by atoms with E-state index < -0.39 is 0 Å². The predicted octanol–water partition coefficient (Wildman–Crippen LogP) is 3.88. The van der Waals surface area contributed by atoms with Crippen molar-refractivity contribution in [1.82, 2.24) is 0 Å². The Bertz CT molecular complexity index is 523. The van der Waals surface area contributed by atoms with Crippen LogP contribution in [0.5, 0.6) is 11.5 Å². The van der Waals surface area contributed by atoms with Crippen molar-refractivity contribution in [3.63, 3.8) is 0 Å². The minimum Gasteiger partial charge on any atom is -0.497 e. The quantitative estimate of drug-likeness (QED) is 0.881. The maximum atomic E-state index is 5.34. The molecule has 0 aliphatic heterocycles. The Labute approximate surface area is 114 Å². The van der Waals surface area contributed by atoms with Crippen LogP contribution in [-0.4, -0.2) is 14.2 Å². The molecule has 0 saturated heterocycles. The molecule has 0 radical (unpaired) electrons. The average molecular weight is 257 g/mol. The fourth-order valence-electron chi connectivity index (χ4n) is 1.97. The molecule has 3 heteroatoms. The molecule has 0 amide bonds. The summed E-state index contributed by atoms with van der Waals surface area (Å²) in [5, 5.41) is 3.45. The molecule has 0 fully saturated rings. The summed E-state index contributed by atoms with van der Waals surface area (Å²) in [6.07, 6.45) is 0. The van der Waals surface area contributed by atoms with E-state index >= 15 is 0 Å². The molecule has 0 bridgehead atoms. The number of benzene rings is 2. The average Bonchev–Trinajstić information content (AvgIpc) is 2.48. The maximum Gasteiger partial charge on any atom is 0.141 e. The Hall–Kier alpha value is -2.16. The smallest absolute Gasteiger partial charge is 0.141 e. The zero-order valence-corrected chi connectivity index (χ0v) is 11.5. The lowest BCUT2D eigenvalue weighted by Crippen LogP contribution is -2.07. The Morgan fingerprint density at radius 2 is 1.58 bits per heavy atom. The molecule has 0 aliphatic rings. The van der Waals surface area contributed by atoms with E-state index in [4.69, 9.17) is 9.47 Å². The summed E-state index contributed by atoms with van der Waals surface area (Å²) in [5.41, 5.74) is 2.19. The van der Waals surface area contributed by atoms with Crippen molar-refractivity contribution in [1.29, 1.82) is 0 Å². The number of anilines is 1. The molecular formula is C16H19NO2. The third kappa shape index (κ3) is 3.19. The van der Waals surface area contributed by atoms with Gasteiger partial charge in [-0.1, -0.05) is 24.3 Å². The topological polar surface area (TPSA) is 30.5 Å². The number of methoxy groups -OCH3 is 2. The molecule has 0 aliphatic carbocycles. The van der Waals surface area contributed by atoms with E-state index in [9.17, 15) is 0 Å². The van der Waals surface area contributed by atoms with Crippen molar-refractivity contribution in [2.75, 3.05) is 19.5 Å². The first-order valence-electron chi connectivity index (χ1n) is 6.28. The van der Waals surface area contributed by atoms with Crippen molar-refractivity contribution in [3.05, 3.63) is 54.1 Å². The third-order valence-electron chi connectivity index (χ3n) is 3.09. The van der Waals surface area contributed by atoms with Gasteiger partial charge in [0.05, 0.1) is 19.9 Å². The fourth-order valence-corrected chi connectivity index (χ4v) is 1.97. The van der Waals surface area contributed by atoms with Gasteiger partial charge in [-0.3, -0.25) is 0 Å². The van der Waals surface area contributed by atoms with Gasteiger partial charge in [-0.25, -0.2) is 0 Å². The lowest BCUT2D eigenvalue weighted by Gasteiger charge is -2.18. The van der Waals surface area contributed by atoms with Gasteiger partial charge < -0.3 is 14.8 Å². The molecule has 1 atom stereocenters. The Morgan fingerprint density at radius 1 is 0.895 bits per heavy atom. The standard InChI is InChI=1S/C16H19NO2/c1-12(13-8-10-14(18-2)11-9-13)17-15-6-4-5-7-16(15)19-3/h4-12,17H,1-3H3/t12-/m1/s1. The molecule has 2 aromatic rings. The molecular weight excluding hydrogens is 238 g/mol. The SMILES string of the molecule is COc1ccc([C@@H](C)Nc2ccccc2OC)cc1. The monoisotopic (exact) mass is 257 g/mol. The van der Waals surface area contributed by atoms with Crippen molar-refractivity contribution >= 4 is 5.69 Å². The van der Waals surface area contributed by atoms with Crippen LogP contribution in [0.25, 0.3) is 0 Å². The van der Waals surface area contributed by atoms with Gasteiger partial charge in [0, 0.05) is 6.04 Å². The highest BCUT2D eigenvalue weighted by Gasteiger charge is 2.08. The Balaban J connectivity index is 2.13. The number of hydrogen-bond donors (Lipinski definition) is 1. The highest BCUT2D eigenvalue weighted by Crippen LogP contribution is 2.28. The van der Waals surface area contributed by atoms with Gasteiger partial charge in [0.1, 0.15) is 11.5 Å². The summed E-state index contributed by atoms with van der Waals surface area (Å²) in [7, 11) is 3.35. The van der Waals surface area contributed by atoms with E-state index in [0.29, 0.717) is 0 Å². The van der Waals surface area contributed by atoms with Crippen molar-refractivity contribution in [2.24, 2.45) is 0 Å². The summed E-state index contributed by atoms with van der Waals surface area (Å²) in [4.78, 5) is 0. The minimum absolute atomic E-state index is 0.196. The Morgan fingerprint density at radius 3 is 2.21 bits per heavy atom. The normalized spacial score (nSPS) is 11.7. The van der Waals surface area contributed by atoms with E-state index in [0.717, 1.165) is 17.2 Å². The van der Waals surface area contributed by atoms with Crippen LogP contribution in [0.1, 0.15) is 18.5 Å². The molecule has 19 heavy (non-hydrogen) atoms. The van der Waals surface area contributed by atoms with Crippen LogP contribution in [0.2, 0.25) is 0 Å².